The molecule has 8 heteroatoms. The molecule has 4 rings (SSSR count). The first-order chi connectivity index (χ1) is 15.1. The van der Waals surface area contributed by atoms with Crippen LogP contribution in [0.2, 0.25) is 5.02 Å². The highest BCUT2D eigenvalue weighted by Crippen LogP contribution is 2.25. The predicted molar refractivity (Wildman–Crippen MR) is 120 cm³/mol. The van der Waals surface area contributed by atoms with Crippen molar-refractivity contribution in [1.82, 2.24) is 15.8 Å². The molecule has 2 saturated heterocycles. The fourth-order valence-corrected chi connectivity index (χ4v) is 4.42. The number of ether oxygens (including phenoxy) is 1. The van der Waals surface area contributed by atoms with E-state index in [-0.39, 0.29) is 18.1 Å². The predicted octanol–water partition coefficient (Wildman–Crippen LogP) is 3.44. The molecule has 3 N–H and O–H groups in total. The Morgan fingerprint density at radius 1 is 1.19 bits per heavy atom. The summed E-state index contributed by atoms with van der Waals surface area (Å²) < 4.78 is 19.5. The van der Waals surface area contributed by atoms with E-state index in [2.05, 4.69) is 21.1 Å². The van der Waals surface area contributed by atoms with Gasteiger partial charge in [0.25, 0.3) is 0 Å². The van der Waals surface area contributed by atoms with E-state index in [9.17, 15) is 9.18 Å². The van der Waals surface area contributed by atoms with Gasteiger partial charge in [0.2, 0.25) is 5.91 Å². The van der Waals surface area contributed by atoms with Gasteiger partial charge in [0.05, 0.1) is 18.8 Å². The topological polar surface area (TPSA) is 65.6 Å². The van der Waals surface area contributed by atoms with Crippen molar-refractivity contribution in [1.29, 1.82) is 0 Å². The molecule has 0 aromatic heterocycles. The Morgan fingerprint density at radius 2 is 2.00 bits per heavy atom. The molecule has 2 aromatic rings. The number of hydrogen-bond donors (Lipinski definition) is 3. The third-order valence-electron chi connectivity index (χ3n) is 5.95. The zero-order chi connectivity index (χ0) is 21.6. The van der Waals surface area contributed by atoms with Crippen molar-refractivity contribution in [3.8, 4) is 5.75 Å². The average molecular weight is 447 g/mol. The van der Waals surface area contributed by atoms with E-state index >= 15 is 0 Å². The second kappa shape index (κ2) is 10.4. The van der Waals surface area contributed by atoms with Crippen LogP contribution in [0.25, 0.3) is 0 Å². The first kappa shape index (κ1) is 22.0. The number of rotatable bonds is 8. The van der Waals surface area contributed by atoms with Gasteiger partial charge in [-0.3, -0.25) is 20.5 Å². The molecule has 2 aliphatic rings. The summed E-state index contributed by atoms with van der Waals surface area (Å²) in [7, 11) is 0. The molecule has 0 bridgehead atoms. The summed E-state index contributed by atoms with van der Waals surface area (Å²) in [4.78, 5) is 14.4. The van der Waals surface area contributed by atoms with Crippen molar-refractivity contribution >= 4 is 23.2 Å². The van der Waals surface area contributed by atoms with Crippen LogP contribution in [0.5, 0.6) is 5.75 Å². The number of benzene rings is 2. The van der Waals surface area contributed by atoms with Crippen LogP contribution in [-0.4, -0.2) is 49.1 Å². The number of carbonyl (C=O) groups excluding carboxylic acids is 1. The Kier molecular flexibility index (Phi) is 7.40. The van der Waals surface area contributed by atoms with E-state index in [1.54, 1.807) is 18.2 Å². The lowest BCUT2D eigenvalue weighted by atomic mass is 9.94. The van der Waals surface area contributed by atoms with E-state index in [1.165, 1.54) is 6.07 Å². The smallest absolute Gasteiger partial charge is 0.238 e. The van der Waals surface area contributed by atoms with E-state index in [0.717, 1.165) is 38.1 Å². The van der Waals surface area contributed by atoms with Gasteiger partial charge in [-0.2, -0.15) is 0 Å². The quantitative estimate of drug-likeness (QED) is 0.579. The molecule has 0 spiro atoms. The maximum Gasteiger partial charge on any atom is 0.238 e. The van der Waals surface area contributed by atoms with Crippen LogP contribution in [0, 0.1) is 11.7 Å². The highest BCUT2D eigenvalue weighted by Gasteiger charge is 2.35. The molecule has 3 atom stereocenters. The van der Waals surface area contributed by atoms with Crippen molar-refractivity contribution in [2.45, 2.75) is 31.3 Å². The summed E-state index contributed by atoms with van der Waals surface area (Å²) in [5.74, 6) is 0.714. The average Bonchev–Trinajstić information content (AvgIpc) is 3.41. The SMILES string of the molecule is O=C(CN1CCC(C2CC(CCOc3ccc(Cl)cc3)NN2)C1)Nc1ccccc1F. The van der Waals surface area contributed by atoms with Crippen LogP contribution >= 0.6 is 11.6 Å². The Labute approximate surface area is 187 Å². The third kappa shape index (κ3) is 6.17. The molecule has 166 valence electrons. The maximum absolute atomic E-state index is 13.7. The highest BCUT2D eigenvalue weighted by molar-refractivity contribution is 6.30. The number of hydrazine groups is 1. The number of hydrogen-bond acceptors (Lipinski definition) is 5. The Morgan fingerprint density at radius 3 is 2.81 bits per heavy atom. The normalized spacial score (nSPS) is 23.7. The van der Waals surface area contributed by atoms with Crippen LogP contribution in [0.1, 0.15) is 19.3 Å². The minimum Gasteiger partial charge on any atom is -0.494 e. The summed E-state index contributed by atoms with van der Waals surface area (Å²) in [5, 5.41) is 3.36. The van der Waals surface area contributed by atoms with Gasteiger partial charge >= 0.3 is 0 Å². The zero-order valence-corrected chi connectivity index (χ0v) is 18.1. The van der Waals surface area contributed by atoms with Gasteiger partial charge in [-0.25, -0.2) is 4.39 Å². The third-order valence-corrected chi connectivity index (χ3v) is 6.20. The largest absolute Gasteiger partial charge is 0.494 e. The minimum absolute atomic E-state index is 0.180. The molecular weight excluding hydrogens is 419 g/mol. The molecule has 1 amide bonds. The van der Waals surface area contributed by atoms with Gasteiger partial charge in [-0.15, -0.1) is 0 Å². The second-order valence-corrected chi connectivity index (χ2v) is 8.67. The van der Waals surface area contributed by atoms with Gasteiger partial charge in [-0.1, -0.05) is 23.7 Å². The van der Waals surface area contributed by atoms with E-state index in [1.807, 2.05) is 24.3 Å². The lowest BCUT2D eigenvalue weighted by Crippen LogP contribution is -2.39. The van der Waals surface area contributed by atoms with Crippen molar-refractivity contribution in [3.63, 3.8) is 0 Å². The number of nitrogens with one attached hydrogen (secondary N) is 3. The van der Waals surface area contributed by atoms with Crippen LogP contribution in [0.3, 0.4) is 0 Å². The van der Waals surface area contributed by atoms with Gasteiger partial charge in [0.1, 0.15) is 11.6 Å². The van der Waals surface area contributed by atoms with Crippen LogP contribution in [-0.2, 0) is 4.79 Å². The fourth-order valence-electron chi connectivity index (χ4n) is 4.29. The van der Waals surface area contributed by atoms with Crippen LogP contribution in [0.15, 0.2) is 48.5 Å². The highest BCUT2D eigenvalue weighted by atomic mass is 35.5. The minimum atomic E-state index is -0.414. The first-order valence-corrected chi connectivity index (χ1v) is 11.1. The number of amides is 1. The van der Waals surface area contributed by atoms with Gasteiger partial charge in [0.15, 0.2) is 0 Å². The molecule has 2 aliphatic heterocycles. The molecule has 0 saturated carbocycles. The summed E-state index contributed by atoms with van der Waals surface area (Å²) >= 11 is 5.89. The van der Waals surface area contributed by atoms with Crippen molar-refractivity contribution in [3.05, 3.63) is 59.4 Å². The van der Waals surface area contributed by atoms with Gasteiger partial charge < -0.3 is 10.1 Å². The lowest BCUT2D eigenvalue weighted by Gasteiger charge is -2.19. The second-order valence-electron chi connectivity index (χ2n) is 8.23. The molecule has 6 nitrogen and oxygen atoms in total. The maximum atomic E-state index is 13.7. The summed E-state index contributed by atoms with van der Waals surface area (Å²) in [6.07, 6.45) is 2.98. The molecular formula is C23H28ClFN4O2. The zero-order valence-electron chi connectivity index (χ0n) is 17.3. The Balaban J connectivity index is 1.16. The molecule has 2 fully saturated rings. The molecule has 3 unspecified atom stereocenters. The molecule has 2 heterocycles. The number of carbonyl (C=O) groups is 1. The first-order valence-electron chi connectivity index (χ1n) is 10.7. The van der Waals surface area contributed by atoms with Gasteiger partial charge in [-0.05, 0) is 68.1 Å². The monoisotopic (exact) mass is 446 g/mol. The summed E-state index contributed by atoms with van der Waals surface area (Å²) in [5.41, 5.74) is 7.04. The standard InChI is InChI=1S/C23H28ClFN4O2/c24-17-5-7-19(8-6-17)31-12-10-18-13-22(28-27-18)16-9-11-29(14-16)15-23(30)26-21-4-2-1-3-20(21)25/h1-8,16,18,22,27-28H,9-15H2,(H,26,30). The van der Waals surface area contributed by atoms with E-state index in [4.69, 9.17) is 16.3 Å². The molecule has 0 aliphatic carbocycles. The number of anilines is 1. The Hall–Kier alpha value is -2.19. The molecule has 0 radical (unpaired) electrons. The van der Waals surface area contributed by atoms with E-state index < -0.39 is 5.82 Å². The van der Waals surface area contributed by atoms with Crippen LogP contribution in [0.4, 0.5) is 10.1 Å². The Bertz CT molecular complexity index is 882. The molecule has 2 aromatic carbocycles. The van der Waals surface area contributed by atoms with Crippen molar-refractivity contribution in [2.75, 3.05) is 31.6 Å². The lowest BCUT2D eigenvalue weighted by molar-refractivity contribution is -0.117. The van der Waals surface area contributed by atoms with Crippen LogP contribution < -0.4 is 20.9 Å². The van der Waals surface area contributed by atoms with E-state index in [0.29, 0.717) is 29.6 Å². The summed E-state index contributed by atoms with van der Waals surface area (Å²) in [6.45, 7) is 2.65. The number of nitrogens with zero attached hydrogens (tertiary/aromatic N) is 1. The fraction of sp³-hybridized carbons (Fsp3) is 0.435. The van der Waals surface area contributed by atoms with Crippen molar-refractivity contribution in [2.24, 2.45) is 5.92 Å². The summed E-state index contributed by atoms with van der Waals surface area (Å²) in [6, 6.07) is 14.4. The van der Waals surface area contributed by atoms with Crippen molar-refractivity contribution < 1.29 is 13.9 Å². The number of likely N-dealkylation sites (tertiary alicyclic amines) is 1. The number of para-hydroxylation sites is 1. The number of halogens is 2. The van der Waals surface area contributed by atoms with Gasteiger partial charge in [0, 0.05) is 23.7 Å². The molecule has 31 heavy (non-hydrogen) atoms.